The van der Waals surface area contributed by atoms with Crippen LogP contribution in [0.2, 0.25) is 0 Å². The van der Waals surface area contributed by atoms with Crippen LogP contribution in [0.25, 0.3) is 0 Å². The van der Waals surface area contributed by atoms with E-state index in [1.807, 2.05) is 12.1 Å². The van der Waals surface area contributed by atoms with Gasteiger partial charge in [-0.3, -0.25) is 4.79 Å². The molecular weight excluding hydrogens is 322 g/mol. The molecule has 0 aromatic heterocycles. The number of nitrogens with zero attached hydrogens (tertiary/aromatic N) is 1. The third-order valence-corrected chi connectivity index (χ3v) is 5.83. The molecule has 1 unspecified atom stereocenters. The molecule has 2 aromatic rings. The van der Waals surface area contributed by atoms with Crippen molar-refractivity contribution >= 4 is 11.5 Å². The number of Topliss-reactive ketones (excluding diaryl/α,β-unsaturated/α-hetero) is 1. The Morgan fingerprint density at radius 1 is 1.08 bits per heavy atom. The first-order valence-corrected chi connectivity index (χ1v) is 9.33. The number of hydrogen-bond donors (Lipinski definition) is 0. The van der Waals surface area contributed by atoms with Crippen LogP contribution >= 0.6 is 0 Å². The highest BCUT2D eigenvalue weighted by atomic mass is 16.5. The largest absolute Gasteiger partial charge is 0.497 e. The molecule has 4 rings (SSSR count). The molecule has 1 saturated carbocycles. The van der Waals surface area contributed by atoms with Crippen molar-refractivity contribution in [3.05, 3.63) is 71.8 Å². The summed E-state index contributed by atoms with van der Waals surface area (Å²) in [4.78, 5) is 14.5. The molecule has 1 atom stereocenters. The fourth-order valence-corrected chi connectivity index (χ4v) is 4.38. The Morgan fingerprint density at radius 2 is 1.85 bits per heavy atom. The number of ketones is 1. The van der Waals surface area contributed by atoms with Crippen molar-refractivity contribution in [2.75, 3.05) is 25.1 Å². The SMILES string of the molecule is COc1ccc(N2CC=C3CC(=O)CCC3(Cc3ccccc3)C2)cc1. The van der Waals surface area contributed by atoms with Crippen molar-refractivity contribution in [3.63, 3.8) is 0 Å². The molecule has 2 aromatic carbocycles. The minimum atomic E-state index is 0.0629. The molecule has 1 aliphatic carbocycles. The van der Waals surface area contributed by atoms with Crippen molar-refractivity contribution in [2.45, 2.75) is 25.7 Å². The van der Waals surface area contributed by atoms with Gasteiger partial charge in [0.2, 0.25) is 0 Å². The minimum absolute atomic E-state index is 0.0629. The summed E-state index contributed by atoms with van der Waals surface area (Å²) in [5.41, 5.74) is 3.98. The lowest BCUT2D eigenvalue weighted by Gasteiger charge is -2.47. The molecule has 26 heavy (non-hydrogen) atoms. The summed E-state index contributed by atoms with van der Waals surface area (Å²) < 4.78 is 5.29. The van der Waals surface area contributed by atoms with Gasteiger partial charge >= 0.3 is 0 Å². The van der Waals surface area contributed by atoms with E-state index < -0.39 is 0 Å². The number of benzene rings is 2. The molecule has 0 saturated heterocycles. The number of hydrogen-bond acceptors (Lipinski definition) is 3. The van der Waals surface area contributed by atoms with Crippen molar-refractivity contribution < 1.29 is 9.53 Å². The zero-order valence-electron chi connectivity index (χ0n) is 15.3. The summed E-state index contributed by atoms with van der Waals surface area (Å²) in [6, 6.07) is 19.0. The van der Waals surface area contributed by atoms with Crippen LogP contribution in [0, 0.1) is 5.41 Å². The van der Waals surface area contributed by atoms with Crippen LogP contribution in [0.1, 0.15) is 24.8 Å². The average Bonchev–Trinajstić information content (AvgIpc) is 2.69. The van der Waals surface area contributed by atoms with Gasteiger partial charge in [0, 0.05) is 37.0 Å². The van der Waals surface area contributed by atoms with Gasteiger partial charge in [-0.05, 0) is 42.7 Å². The fourth-order valence-electron chi connectivity index (χ4n) is 4.38. The second-order valence-electron chi connectivity index (χ2n) is 7.47. The molecular formula is C23H25NO2. The highest BCUT2D eigenvalue weighted by molar-refractivity contribution is 5.83. The van der Waals surface area contributed by atoms with E-state index in [0.717, 1.165) is 31.7 Å². The van der Waals surface area contributed by atoms with E-state index in [2.05, 4.69) is 53.4 Å². The zero-order valence-corrected chi connectivity index (χ0v) is 15.3. The van der Waals surface area contributed by atoms with E-state index in [4.69, 9.17) is 4.74 Å². The maximum Gasteiger partial charge on any atom is 0.136 e. The molecule has 3 nitrogen and oxygen atoms in total. The third kappa shape index (κ3) is 3.26. The van der Waals surface area contributed by atoms with Crippen molar-refractivity contribution in [3.8, 4) is 5.75 Å². The molecule has 1 heterocycles. The molecule has 0 amide bonds. The summed E-state index contributed by atoms with van der Waals surface area (Å²) in [5, 5.41) is 0. The molecule has 0 spiro atoms. The Kier molecular flexibility index (Phi) is 4.54. The first-order chi connectivity index (χ1) is 12.7. The van der Waals surface area contributed by atoms with Gasteiger partial charge in [-0.25, -0.2) is 0 Å². The standard InChI is InChI=1S/C23H25NO2/c1-26-22-9-7-20(8-10-22)24-14-12-19-15-21(25)11-13-23(19,17-24)16-18-5-3-2-4-6-18/h2-10,12H,11,13-17H2,1H3. The normalized spacial score (nSPS) is 22.6. The third-order valence-electron chi connectivity index (χ3n) is 5.83. The summed E-state index contributed by atoms with van der Waals surface area (Å²) in [6.45, 7) is 1.83. The lowest BCUT2D eigenvalue weighted by molar-refractivity contribution is -0.120. The Morgan fingerprint density at radius 3 is 2.58 bits per heavy atom. The average molecular weight is 347 g/mol. The summed E-state index contributed by atoms with van der Waals surface area (Å²) in [6.07, 6.45) is 5.57. The molecule has 1 aliphatic heterocycles. The second-order valence-corrected chi connectivity index (χ2v) is 7.47. The van der Waals surface area contributed by atoms with Gasteiger partial charge in [0.25, 0.3) is 0 Å². The monoisotopic (exact) mass is 347 g/mol. The number of carbonyl (C=O) groups is 1. The number of ether oxygens (including phenoxy) is 1. The Labute approximate surface area is 155 Å². The van der Waals surface area contributed by atoms with E-state index in [1.54, 1.807) is 7.11 Å². The van der Waals surface area contributed by atoms with Crippen LogP contribution in [0.15, 0.2) is 66.2 Å². The Bertz CT molecular complexity index is 810. The molecule has 134 valence electrons. The Balaban J connectivity index is 1.64. The van der Waals surface area contributed by atoms with Crippen molar-refractivity contribution in [2.24, 2.45) is 5.41 Å². The van der Waals surface area contributed by atoms with Crippen LogP contribution in [0.5, 0.6) is 5.75 Å². The van der Waals surface area contributed by atoms with Gasteiger partial charge < -0.3 is 9.64 Å². The predicted molar refractivity (Wildman–Crippen MR) is 105 cm³/mol. The zero-order chi connectivity index (χ0) is 18.0. The van der Waals surface area contributed by atoms with E-state index in [0.29, 0.717) is 18.6 Å². The topological polar surface area (TPSA) is 29.5 Å². The van der Waals surface area contributed by atoms with Gasteiger partial charge in [0.05, 0.1) is 7.11 Å². The smallest absolute Gasteiger partial charge is 0.136 e. The van der Waals surface area contributed by atoms with Crippen LogP contribution in [-0.2, 0) is 11.2 Å². The Hall–Kier alpha value is -2.55. The molecule has 2 aliphatic rings. The van der Waals surface area contributed by atoms with Gasteiger partial charge in [0.1, 0.15) is 11.5 Å². The van der Waals surface area contributed by atoms with Gasteiger partial charge in [-0.2, -0.15) is 0 Å². The summed E-state index contributed by atoms with van der Waals surface area (Å²) in [7, 11) is 1.69. The molecule has 0 radical (unpaired) electrons. The van der Waals surface area contributed by atoms with E-state index in [-0.39, 0.29) is 5.41 Å². The highest BCUT2D eigenvalue weighted by Gasteiger charge is 2.42. The van der Waals surface area contributed by atoms with E-state index >= 15 is 0 Å². The maximum atomic E-state index is 12.1. The first kappa shape index (κ1) is 16.9. The second kappa shape index (κ2) is 6.99. The number of anilines is 1. The number of methoxy groups -OCH3 is 1. The highest BCUT2D eigenvalue weighted by Crippen LogP contribution is 2.45. The lowest BCUT2D eigenvalue weighted by atomic mass is 9.65. The number of carbonyl (C=O) groups excluding carboxylic acids is 1. The molecule has 0 bridgehead atoms. The fraction of sp³-hybridized carbons (Fsp3) is 0.348. The van der Waals surface area contributed by atoms with Crippen LogP contribution < -0.4 is 9.64 Å². The maximum absolute atomic E-state index is 12.1. The lowest BCUT2D eigenvalue weighted by Crippen LogP contribution is -2.47. The van der Waals surface area contributed by atoms with Crippen LogP contribution in [0.3, 0.4) is 0 Å². The predicted octanol–water partition coefficient (Wildman–Crippen LogP) is 4.42. The molecule has 1 fully saturated rings. The first-order valence-electron chi connectivity index (χ1n) is 9.33. The van der Waals surface area contributed by atoms with Gasteiger partial charge in [-0.1, -0.05) is 42.0 Å². The van der Waals surface area contributed by atoms with Crippen LogP contribution in [0.4, 0.5) is 5.69 Å². The minimum Gasteiger partial charge on any atom is -0.497 e. The summed E-state index contributed by atoms with van der Waals surface area (Å²) in [5.74, 6) is 1.27. The van der Waals surface area contributed by atoms with Crippen molar-refractivity contribution in [1.82, 2.24) is 0 Å². The van der Waals surface area contributed by atoms with Gasteiger partial charge in [0.15, 0.2) is 0 Å². The van der Waals surface area contributed by atoms with Gasteiger partial charge in [-0.15, -0.1) is 0 Å². The van der Waals surface area contributed by atoms with Crippen molar-refractivity contribution in [1.29, 1.82) is 0 Å². The number of fused-ring (bicyclic) bond motifs is 1. The number of rotatable bonds is 4. The quantitative estimate of drug-likeness (QED) is 0.767. The molecule has 3 heteroatoms. The summed E-state index contributed by atoms with van der Waals surface area (Å²) >= 11 is 0. The van der Waals surface area contributed by atoms with Crippen LogP contribution in [-0.4, -0.2) is 26.0 Å². The molecule has 0 N–H and O–H groups in total. The van der Waals surface area contributed by atoms with E-state index in [1.165, 1.54) is 16.8 Å². The van der Waals surface area contributed by atoms with E-state index in [9.17, 15) is 4.79 Å².